The number of hydrogen-bond acceptors (Lipinski definition) is 5. The van der Waals surface area contributed by atoms with Crippen molar-refractivity contribution in [3.05, 3.63) is 53.1 Å². The molecule has 4 atom stereocenters. The second-order valence-electron chi connectivity index (χ2n) is 7.82. The van der Waals surface area contributed by atoms with E-state index in [4.69, 9.17) is 15.2 Å². The van der Waals surface area contributed by atoms with Crippen molar-refractivity contribution in [2.45, 2.75) is 37.6 Å². The van der Waals surface area contributed by atoms with Gasteiger partial charge in [-0.15, -0.1) is 0 Å². The predicted octanol–water partition coefficient (Wildman–Crippen LogP) is 3.68. The second-order valence-corrected chi connectivity index (χ2v) is 7.82. The Hall–Kier alpha value is -3.35. The maximum absolute atomic E-state index is 14.5. The minimum absolute atomic E-state index is 0.255. The number of anilines is 1. The van der Waals surface area contributed by atoms with Crippen molar-refractivity contribution in [1.29, 1.82) is 0 Å². The average Bonchev–Trinajstić information content (AvgIpc) is 3.03. The number of benzene rings is 1. The van der Waals surface area contributed by atoms with Crippen molar-refractivity contribution in [3.8, 4) is 5.75 Å². The molecule has 1 aliphatic rings. The number of alkyl halides is 3. The van der Waals surface area contributed by atoms with Gasteiger partial charge in [0, 0.05) is 23.6 Å². The Morgan fingerprint density at radius 3 is 2.38 bits per heavy atom. The van der Waals surface area contributed by atoms with Gasteiger partial charge in [-0.1, -0.05) is 13.0 Å². The van der Waals surface area contributed by atoms with Gasteiger partial charge in [-0.3, -0.25) is 9.59 Å². The monoisotopic (exact) mass is 491 g/mol. The molecular formula is C21H19F6N3O4. The Morgan fingerprint density at radius 1 is 1.18 bits per heavy atom. The van der Waals surface area contributed by atoms with Gasteiger partial charge in [-0.2, -0.15) is 17.6 Å². The Balaban J connectivity index is 2.11. The van der Waals surface area contributed by atoms with Gasteiger partial charge in [0.1, 0.15) is 6.10 Å². The summed E-state index contributed by atoms with van der Waals surface area (Å²) in [5, 5.41) is 2.06. The Morgan fingerprint density at radius 2 is 1.82 bits per heavy atom. The fraction of sp³-hybridized carbons (Fsp3) is 0.381. The number of nitrogens with zero attached hydrogens (tertiary/aromatic N) is 1. The molecule has 0 spiro atoms. The number of aromatic nitrogens is 1. The number of carbonyl (C=O) groups excluding carboxylic acids is 2. The van der Waals surface area contributed by atoms with Gasteiger partial charge >= 0.3 is 6.18 Å². The molecule has 3 rings (SSSR count). The van der Waals surface area contributed by atoms with Crippen molar-refractivity contribution in [3.63, 3.8) is 0 Å². The summed E-state index contributed by atoms with van der Waals surface area (Å²) in [6.45, 7) is 1.84. The summed E-state index contributed by atoms with van der Waals surface area (Å²) in [6, 6.07) is 2.62. The third kappa shape index (κ3) is 4.04. The summed E-state index contributed by atoms with van der Waals surface area (Å²) < 4.78 is 94.5. The topological polar surface area (TPSA) is 104 Å². The van der Waals surface area contributed by atoms with Crippen molar-refractivity contribution >= 4 is 17.5 Å². The zero-order valence-corrected chi connectivity index (χ0v) is 18.0. The summed E-state index contributed by atoms with van der Waals surface area (Å²) >= 11 is 0. The lowest BCUT2D eigenvalue weighted by Gasteiger charge is -2.32. The number of hydrogen-bond donors (Lipinski definition) is 2. The number of methoxy groups -OCH3 is 1. The summed E-state index contributed by atoms with van der Waals surface area (Å²) in [5.41, 5.74) is 0.468. The van der Waals surface area contributed by atoms with E-state index in [1.165, 1.54) is 0 Å². The van der Waals surface area contributed by atoms with Gasteiger partial charge in [0.25, 0.3) is 11.8 Å². The number of carbonyl (C=O) groups is 2. The molecule has 1 aromatic heterocycles. The predicted molar refractivity (Wildman–Crippen MR) is 105 cm³/mol. The van der Waals surface area contributed by atoms with Crippen LogP contribution >= 0.6 is 0 Å². The maximum Gasteiger partial charge on any atom is 0.417 e. The number of primary amides is 1. The summed E-state index contributed by atoms with van der Waals surface area (Å²) in [7, 11) is 0.984. The summed E-state index contributed by atoms with van der Waals surface area (Å²) in [6.07, 6.45) is -5.95. The molecule has 0 radical (unpaired) electrons. The van der Waals surface area contributed by atoms with E-state index in [1.807, 2.05) is 0 Å². The van der Waals surface area contributed by atoms with E-state index >= 15 is 0 Å². The molecule has 1 aromatic carbocycles. The van der Waals surface area contributed by atoms with Gasteiger partial charge in [-0.05, 0) is 19.1 Å². The highest BCUT2D eigenvalue weighted by Crippen LogP contribution is 2.55. The average molecular weight is 491 g/mol. The van der Waals surface area contributed by atoms with E-state index in [9.17, 15) is 35.9 Å². The quantitative estimate of drug-likeness (QED) is 0.622. The van der Waals surface area contributed by atoms with Crippen LogP contribution in [0.15, 0.2) is 24.4 Å². The molecule has 2 amide bonds. The standard InChI is InChI=1S/C21H19F6N3O4/c1-8-12(9-4-5-10(22)13(23)16(9)33-3)17(34-20(8,2)21(25,26)27)19(32)30-11-6-7-29-15(14(11)24)18(28)31/h4-8,12,17H,1-3H3,(H2,28,31)(H,29,30,32)/t8-,12-,17-,20-/m0/s1. The van der Waals surface area contributed by atoms with Crippen LogP contribution in [-0.2, 0) is 9.53 Å². The lowest BCUT2D eigenvalue weighted by atomic mass is 9.77. The van der Waals surface area contributed by atoms with Gasteiger partial charge in [-0.25, -0.2) is 13.8 Å². The molecule has 0 unspecified atom stereocenters. The van der Waals surface area contributed by atoms with Crippen LogP contribution < -0.4 is 15.8 Å². The Kier molecular flexibility index (Phi) is 6.53. The number of amides is 2. The molecule has 7 nitrogen and oxygen atoms in total. The Labute approximate surface area is 189 Å². The van der Waals surface area contributed by atoms with Crippen LogP contribution in [0.5, 0.6) is 5.75 Å². The van der Waals surface area contributed by atoms with E-state index in [1.54, 1.807) is 0 Å². The third-order valence-corrected chi connectivity index (χ3v) is 5.95. The number of pyridine rings is 1. The van der Waals surface area contributed by atoms with E-state index < -0.39 is 76.1 Å². The minimum atomic E-state index is -4.97. The maximum atomic E-state index is 14.5. The van der Waals surface area contributed by atoms with Crippen LogP contribution in [0.2, 0.25) is 0 Å². The molecule has 1 aliphatic heterocycles. The lowest BCUT2D eigenvalue weighted by molar-refractivity contribution is -0.272. The fourth-order valence-corrected chi connectivity index (χ4v) is 3.96. The van der Waals surface area contributed by atoms with Crippen molar-refractivity contribution in [2.24, 2.45) is 11.7 Å². The van der Waals surface area contributed by atoms with Gasteiger partial charge in [0.15, 0.2) is 28.7 Å². The largest absolute Gasteiger partial charge is 0.493 e. The molecule has 1 fully saturated rings. The van der Waals surface area contributed by atoms with Crippen LogP contribution in [0, 0.1) is 23.4 Å². The van der Waals surface area contributed by atoms with E-state index in [-0.39, 0.29) is 5.56 Å². The molecule has 2 aromatic rings. The smallest absolute Gasteiger partial charge is 0.417 e. The molecule has 1 saturated heterocycles. The van der Waals surface area contributed by atoms with E-state index in [0.29, 0.717) is 13.0 Å². The Bertz CT molecular complexity index is 1140. The zero-order chi connectivity index (χ0) is 25.6. The van der Waals surface area contributed by atoms with Crippen molar-refractivity contribution in [2.75, 3.05) is 12.4 Å². The molecule has 3 N–H and O–H groups in total. The van der Waals surface area contributed by atoms with Crippen molar-refractivity contribution in [1.82, 2.24) is 4.98 Å². The molecule has 0 bridgehead atoms. The lowest BCUT2D eigenvalue weighted by Crippen LogP contribution is -2.47. The molecule has 184 valence electrons. The number of nitrogens with two attached hydrogens (primary N) is 1. The molecule has 13 heteroatoms. The van der Waals surface area contributed by atoms with Crippen LogP contribution in [0.4, 0.5) is 32.0 Å². The van der Waals surface area contributed by atoms with Gasteiger partial charge < -0.3 is 20.5 Å². The normalized spacial score (nSPS) is 24.7. The highest BCUT2D eigenvalue weighted by molar-refractivity contribution is 5.97. The number of nitrogens with one attached hydrogen (secondary N) is 1. The van der Waals surface area contributed by atoms with Crippen LogP contribution in [-0.4, -0.2) is 41.8 Å². The zero-order valence-electron chi connectivity index (χ0n) is 18.0. The first kappa shape index (κ1) is 25.3. The third-order valence-electron chi connectivity index (χ3n) is 5.95. The molecular weight excluding hydrogens is 472 g/mol. The summed E-state index contributed by atoms with van der Waals surface area (Å²) in [4.78, 5) is 27.8. The summed E-state index contributed by atoms with van der Waals surface area (Å²) in [5.74, 6) is -10.2. The van der Waals surface area contributed by atoms with Crippen molar-refractivity contribution < 1.29 is 45.4 Å². The van der Waals surface area contributed by atoms with Gasteiger partial charge in [0.2, 0.25) is 5.82 Å². The fourth-order valence-electron chi connectivity index (χ4n) is 3.96. The van der Waals surface area contributed by atoms with E-state index in [2.05, 4.69) is 10.3 Å². The first-order valence-corrected chi connectivity index (χ1v) is 9.76. The number of rotatable bonds is 5. The van der Waals surface area contributed by atoms with E-state index in [0.717, 1.165) is 32.4 Å². The van der Waals surface area contributed by atoms with Gasteiger partial charge in [0.05, 0.1) is 12.8 Å². The molecule has 34 heavy (non-hydrogen) atoms. The van der Waals surface area contributed by atoms with Crippen LogP contribution in [0.1, 0.15) is 35.8 Å². The first-order valence-electron chi connectivity index (χ1n) is 9.76. The highest BCUT2D eigenvalue weighted by Gasteiger charge is 2.66. The number of halogens is 6. The molecule has 2 heterocycles. The minimum Gasteiger partial charge on any atom is -0.493 e. The molecule has 0 saturated carbocycles. The first-order chi connectivity index (χ1) is 15.7. The van der Waals surface area contributed by atoms with Crippen LogP contribution in [0.25, 0.3) is 0 Å². The van der Waals surface area contributed by atoms with Crippen LogP contribution in [0.3, 0.4) is 0 Å². The highest BCUT2D eigenvalue weighted by atomic mass is 19.4. The molecule has 0 aliphatic carbocycles. The number of ether oxygens (including phenoxy) is 2. The second kappa shape index (κ2) is 8.78. The SMILES string of the molecule is COc1c([C@H]2[C@@H](C(=O)Nc3ccnc(C(N)=O)c3F)O[C@](C)(C(F)(F)F)[C@H]2C)ccc(F)c1F.